The first-order valence-electron chi connectivity index (χ1n) is 7.47. The molecule has 0 bridgehead atoms. The third kappa shape index (κ3) is 3.99. The summed E-state index contributed by atoms with van der Waals surface area (Å²) in [4.78, 5) is 27.0. The molecule has 0 aromatic carbocycles. The van der Waals surface area contributed by atoms with Crippen molar-refractivity contribution in [1.29, 1.82) is 0 Å². The molecule has 136 valence electrons. The molecule has 8 heteroatoms. The topological polar surface area (TPSA) is 88.9 Å². The van der Waals surface area contributed by atoms with Crippen LogP contribution in [0.1, 0.15) is 35.7 Å². The van der Waals surface area contributed by atoms with E-state index in [0.29, 0.717) is 17.1 Å². The van der Waals surface area contributed by atoms with Gasteiger partial charge >= 0.3 is 12.0 Å². The van der Waals surface area contributed by atoms with Gasteiger partial charge in [-0.2, -0.15) is 4.39 Å². The second-order valence-electron chi connectivity index (χ2n) is 5.88. The van der Waals surface area contributed by atoms with Crippen LogP contribution in [0.25, 0.3) is 11.4 Å². The van der Waals surface area contributed by atoms with Gasteiger partial charge in [0.25, 0.3) is 0 Å². The smallest absolute Gasteiger partial charge is 0.354 e. The van der Waals surface area contributed by atoms with Crippen LogP contribution < -0.4 is 0 Å². The Labute approximate surface area is 163 Å². The number of aromatic nitrogens is 4. The monoisotopic (exact) mass is 532 g/mol. The maximum atomic E-state index is 13.2. The van der Waals surface area contributed by atoms with E-state index in [4.69, 9.17) is 5.11 Å². The normalized spacial score (nSPS) is 10.9. The second kappa shape index (κ2) is 7.79. The predicted molar refractivity (Wildman–Crippen MR) is 87.4 cm³/mol. The Morgan fingerprint density at radius 2 is 1.73 bits per heavy atom. The summed E-state index contributed by atoms with van der Waals surface area (Å²) in [6.07, 6.45) is 0.353. The van der Waals surface area contributed by atoms with Crippen molar-refractivity contribution in [2.24, 2.45) is 0 Å². The number of carboxylic acid groups (broad SMARTS) is 1. The minimum absolute atomic E-state index is 0. The molecule has 0 amide bonds. The molecule has 0 saturated carbocycles. The molecule has 0 saturated heterocycles. The summed E-state index contributed by atoms with van der Waals surface area (Å²) in [5.74, 6) is -1.09. The summed E-state index contributed by atoms with van der Waals surface area (Å²) in [7, 11) is 0. The van der Waals surface area contributed by atoms with E-state index in [0.717, 1.165) is 0 Å². The van der Waals surface area contributed by atoms with Gasteiger partial charge in [0.2, 0.25) is 0 Å². The standard InChI is InChI=1S/C18H14FN4O2.Pt/c1-18(2,15-8-4-6-13(22-15)16(24)25)14-7-3-5-11(21-14)12-9-10-20-17(19)23-12;/h3-8,10H,1-2H3,(H,24,25);/q-1;. The number of carbonyl (C=O) groups is 1. The number of carboxylic acids is 1. The van der Waals surface area contributed by atoms with Gasteiger partial charge in [0, 0.05) is 32.2 Å². The van der Waals surface area contributed by atoms with Gasteiger partial charge in [-0.05, 0) is 32.0 Å². The Morgan fingerprint density at radius 3 is 2.38 bits per heavy atom. The zero-order valence-electron chi connectivity index (χ0n) is 13.9. The van der Waals surface area contributed by atoms with E-state index in [-0.39, 0.29) is 32.5 Å². The molecule has 3 rings (SSSR count). The Morgan fingerprint density at radius 1 is 1.08 bits per heavy atom. The van der Waals surface area contributed by atoms with Gasteiger partial charge in [-0.3, -0.25) is 0 Å². The molecule has 0 fully saturated rings. The molecule has 0 aliphatic rings. The zero-order valence-corrected chi connectivity index (χ0v) is 16.2. The molecule has 6 nitrogen and oxygen atoms in total. The summed E-state index contributed by atoms with van der Waals surface area (Å²) in [5.41, 5.74) is 1.21. The van der Waals surface area contributed by atoms with Gasteiger partial charge in [0.1, 0.15) is 5.69 Å². The number of hydrogen-bond donors (Lipinski definition) is 1. The van der Waals surface area contributed by atoms with Crippen molar-refractivity contribution < 1.29 is 35.4 Å². The Kier molecular flexibility index (Phi) is 5.93. The van der Waals surface area contributed by atoms with E-state index < -0.39 is 17.5 Å². The fraction of sp³-hybridized carbons (Fsp3) is 0.167. The van der Waals surface area contributed by atoms with Crippen molar-refractivity contribution in [3.05, 3.63) is 71.8 Å². The molecule has 0 spiro atoms. The van der Waals surface area contributed by atoms with E-state index >= 15 is 0 Å². The fourth-order valence-corrected chi connectivity index (χ4v) is 2.38. The van der Waals surface area contributed by atoms with Crippen LogP contribution in [-0.4, -0.2) is 31.0 Å². The van der Waals surface area contributed by atoms with Crippen molar-refractivity contribution in [2.45, 2.75) is 19.3 Å². The third-order valence-electron chi connectivity index (χ3n) is 3.82. The van der Waals surface area contributed by atoms with Crippen LogP contribution >= 0.6 is 0 Å². The maximum Gasteiger partial charge on any atom is 0.354 e. The van der Waals surface area contributed by atoms with Crippen molar-refractivity contribution in [3.8, 4) is 11.4 Å². The quantitative estimate of drug-likeness (QED) is 0.411. The van der Waals surface area contributed by atoms with E-state index in [2.05, 4.69) is 26.0 Å². The molecular weight excluding hydrogens is 518 g/mol. The van der Waals surface area contributed by atoms with Crippen molar-refractivity contribution in [3.63, 3.8) is 0 Å². The number of halogens is 1. The molecule has 0 unspecified atom stereocenters. The third-order valence-corrected chi connectivity index (χ3v) is 3.82. The first-order valence-corrected chi connectivity index (χ1v) is 7.47. The Hall–Kier alpha value is -2.53. The molecule has 0 radical (unpaired) electrons. The Balaban J connectivity index is 0.00000243. The van der Waals surface area contributed by atoms with Crippen LogP contribution in [-0.2, 0) is 26.5 Å². The molecule has 1 N–H and O–H groups in total. The number of pyridine rings is 2. The number of nitrogens with zero attached hydrogens (tertiary/aromatic N) is 4. The van der Waals surface area contributed by atoms with Crippen LogP contribution in [0.15, 0.2) is 42.6 Å². The molecule has 0 atom stereocenters. The first kappa shape index (κ1) is 19.8. The van der Waals surface area contributed by atoms with Crippen molar-refractivity contribution in [1.82, 2.24) is 19.9 Å². The van der Waals surface area contributed by atoms with Crippen LogP contribution in [0.5, 0.6) is 0 Å². The Bertz CT molecular complexity index is 950. The summed E-state index contributed by atoms with van der Waals surface area (Å²) in [5, 5.41) is 9.13. The molecule has 3 aromatic heterocycles. The van der Waals surface area contributed by atoms with Crippen molar-refractivity contribution >= 4 is 5.97 Å². The summed E-state index contributed by atoms with van der Waals surface area (Å²) < 4.78 is 13.2. The number of aromatic carboxylic acids is 1. The first-order chi connectivity index (χ1) is 11.9. The van der Waals surface area contributed by atoms with E-state index in [1.807, 2.05) is 13.8 Å². The zero-order chi connectivity index (χ0) is 18.0. The van der Waals surface area contributed by atoms with Gasteiger partial charge in [-0.1, -0.05) is 29.7 Å². The van der Waals surface area contributed by atoms with E-state index in [9.17, 15) is 9.18 Å². The largest absolute Gasteiger partial charge is 0.477 e. The van der Waals surface area contributed by atoms with E-state index in [1.165, 1.54) is 12.3 Å². The average molecular weight is 532 g/mol. The van der Waals surface area contributed by atoms with Crippen molar-refractivity contribution in [2.75, 3.05) is 0 Å². The van der Waals surface area contributed by atoms with Gasteiger partial charge < -0.3 is 10.1 Å². The molecule has 3 aromatic rings. The molecular formula is C18H14FN4O2Pt-. The summed E-state index contributed by atoms with van der Waals surface area (Å²) >= 11 is 0. The average Bonchev–Trinajstić information content (AvgIpc) is 2.62. The molecule has 26 heavy (non-hydrogen) atoms. The maximum absolute atomic E-state index is 13.2. The van der Waals surface area contributed by atoms with Gasteiger partial charge in [0.15, 0.2) is 0 Å². The predicted octanol–water partition coefficient (Wildman–Crippen LogP) is 2.89. The minimum Gasteiger partial charge on any atom is -0.477 e. The SMILES string of the molecule is CC(C)(c1cccc(C(=O)O)n1)c1cccc(-c2[c-]cnc(F)n2)n1.[Pt]. The van der Waals surface area contributed by atoms with Gasteiger partial charge in [-0.15, -0.1) is 6.07 Å². The summed E-state index contributed by atoms with van der Waals surface area (Å²) in [6.45, 7) is 3.77. The minimum atomic E-state index is -1.09. The summed E-state index contributed by atoms with van der Waals surface area (Å²) in [6, 6.07) is 12.8. The van der Waals surface area contributed by atoms with Crippen LogP contribution in [0, 0.1) is 12.1 Å². The number of hydrogen-bond acceptors (Lipinski definition) is 5. The van der Waals surface area contributed by atoms with Crippen LogP contribution in [0.4, 0.5) is 4.39 Å². The van der Waals surface area contributed by atoms with Gasteiger partial charge in [0.05, 0.1) is 5.69 Å². The fourth-order valence-electron chi connectivity index (χ4n) is 2.38. The van der Waals surface area contributed by atoms with Crippen LogP contribution in [0.3, 0.4) is 0 Å². The molecule has 3 heterocycles. The molecule has 0 aliphatic heterocycles. The van der Waals surface area contributed by atoms with Gasteiger partial charge in [-0.25, -0.2) is 25.8 Å². The second-order valence-corrected chi connectivity index (χ2v) is 5.88. The number of rotatable bonds is 4. The van der Waals surface area contributed by atoms with Crippen LogP contribution in [0.2, 0.25) is 0 Å². The van der Waals surface area contributed by atoms with E-state index in [1.54, 1.807) is 30.3 Å². The molecule has 0 aliphatic carbocycles.